The molecule has 1 rings (SSSR count). The fourth-order valence-electron chi connectivity index (χ4n) is 1.61. The van der Waals surface area contributed by atoms with Crippen LogP contribution in [0.1, 0.15) is 20.3 Å². The number of carboxylic acids is 1. The van der Waals surface area contributed by atoms with Gasteiger partial charge in [0.2, 0.25) is 0 Å². The maximum absolute atomic E-state index is 10.6. The van der Waals surface area contributed by atoms with Crippen molar-refractivity contribution in [2.24, 2.45) is 5.73 Å². The highest BCUT2D eigenvalue weighted by atomic mass is 16.4. The van der Waals surface area contributed by atoms with E-state index in [-0.39, 0.29) is 0 Å². The van der Waals surface area contributed by atoms with E-state index in [0.29, 0.717) is 6.04 Å². The van der Waals surface area contributed by atoms with Crippen LogP contribution in [0.25, 0.3) is 0 Å². The molecule has 1 atom stereocenters. The summed E-state index contributed by atoms with van der Waals surface area (Å²) in [5.41, 5.74) is 6.38. The van der Waals surface area contributed by atoms with E-state index in [9.17, 15) is 4.79 Å². The molecule has 1 unspecified atom stereocenters. The summed E-state index contributed by atoms with van der Waals surface area (Å²) in [4.78, 5) is 12.9. The number of carboxylic acid groups (broad SMARTS) is 1. The molecular formula is C10H18N2O2. The van der Waals surface area contributed by atoms with E-state index in [4.69, 9.17) is 10.8 Å². The predicted octanol–water partition coefficient (Wildman–Crippen LogP) is 0.439. The van der Waals surface area contributed by atoms with Crippen LogP contribution in [0.5, 0.6) is 0 Å². The maximum atomic E-state index is 10.6. The number of carbonyl (C=O) groups is 1. The summed E-state index contributed by atoms with van der Waals surface area (Å²) in [7, 11) is 0. The van der Waals surface area contributed by atoms with Crippen molar-refractivity contribution in [1.82, 2.24) is 4.90 Å². The van der Waals surface area contributed by atoms with Crippen LogP contribution in [0.15, 0.2) is 11.6 Å². The highest BCUT2D eigenvalue weighted by Crippen LogP contribution is 2.15. The molecule has 0 amide bonds. The summed E-state index contributed by atoms with van der Waals surface area (Å²) < 4.78 is 0. The van der Waals surface area contributed by atoms with Crippen molar-refractivity contribution < 1.29 is 9.90 Å². The highest BCUT2D eigenvalue weighted by molar-refractivity contribution is 5.77. The fraction of sp³-hybridized carbons (Fsp3) is 0.700. The second-order valence-corrected chi connectivity index (χ2v) is 3.93. The third-order valence-electron chi connectivity index (χ3n) is 2.67. The van der Waals surface area contributed by atoms with E-state index < -0.39 is 12.0 Å². The molecule has 0 spiro atoms. The van der Waals surface area contributed by atoms with Gasteiger partial charge in [-0.1, -0.05) is 6.08 Å². The van der Waals surface area contributed by atoms with E-state index in [2.05, 4.69) is 18.7 Å². The minimum absolute atomic E-state index is 0.508. The SMILES string of the molecule is CC(C)N1CC=C(C(N)C(=O)O)CC1. The fourth-order valence-corrected chi connectivity index (χ4v) is 1.61. The van der Waals surface area contributed by atoms with Crippen LogP contribution in [-0.2, 0) is 4.79 Å². The smallest absolute Gasteiger partial charge is 0.324 e. The second kappa shape index (κ2) is 4.57. The molecule has 4 nitrogen and oxygen atoms in total. The van der Waals surface area contributed by atoms with E-state index >= 15 is 0 Å². The van der Waals surface area contributed by atoms with Gasteiger partial charge in [0.1, 0.15) is 6.04 Å². The third-order valence-corrected chi connectivity index (χ3v) is 2.67. The molecule has 0 aromatic carbocycles. The molecule has 0 radical (unpaired) electrons. The molecule has 0 saturated carbocycles. The zero-order chi connectivity index (χ0) is 10.7. The van der Waals surface area contributed by atoms with Crippen molar-refractivity contribution in [3.8, 4) is 0 Å². The number of aliphatic carboxylic acids is 1. The molecule has 0 aliphatic carbocycles. The van der Waals surface area contributed by atoms with Gasteiger partial charge in [-0.15, -0.1) is 0 Å². The number of nitrogens with zero attached hydrogens (tertiary/aromatic N) is 1. The number of nitrogens with two attached hydrogens (primary N) is 1. The number of rotatable bonds is 3. The molecule has 0 fully saturated rings. The first kappa shape index (κ1) is 11.2. The molecule has 4 heteroatoms. The van der Waals surface area contributed by atoms with Crippen LogP contribution >= 0.6 is 0 Å². The van der Waals surface area contributed by atoms with Crippen molar-refractivity contribution in [2.75, 3.05) is 13.1 Å². The summed E-state index contributed by atoms with van der Waals surface area (Å²) in [6.07, 6.45) is 2.72. The summed E-state index contributed by atoms with van der Waals surface area (Å²) >= 11 is 0. The van der Waals surface area contributed by atoms with Crippen molar-refractivity contribution in [3.63, 3.8) is 0 Å². The molecule has 1 aliphatic rings. The van der Waals surface area contributed by atoms with Crippen molar-refractivity contribution >= 4 is 5.97 Å². The summed E-state index contributed by atoms with van der Waals surface area (Å²) in [5.74, 6) is -0.936. The summed E-state index contributed by atoms with van der Waals surface area (Å²) in [6, 6.07) is -0.307. The highest BCUT2D eigenvalue weighted by Gasteiger charge is 2.21. The topological polar surface area (TPSA) is 66.6 Å². The third kappa shape index (κ3) is 2.56. The average molecular weight is 198 g/mol. The Bertz CT molecular complexity index is 249. The van der Waals surface area contributed by atoms with Crippen LogP contribution in [-0.4, -0.2) is 41.1 Å². The van der Waals surface area contributed by atoms with E-state index in [1.54, 1.807) is 0 Å². The first-order valence-corrected chi connectivity index (χ1v) is 4.93. The van der Waals surface area contributed by atoms with Crippen LogP contribution in [0.3, 0.4) is 0 Å². The molecule has 0 aromatic rings. The van der Waals surface area contributed by atoms with Gasteiger partial charge < -0.3 is 10.8 Å². The molecule has 1 aliphatic heterocycles. The molecule has 1 heterocycles. The van der Waals surface area contributed by atoms with Crippen molar-refractivity contribution in [1.29, 1.82) is 0 Å². The quantitative estimate of drug-likeness (QED) is 0.646. The van der Waals surface area contributed by atoms with Gasteiger partial charge >= 0.3 is 5.97 Å². The lowest BCUT2D eigenvalue weighted by atomic mass is 10.0. The number of hydrogen-bond donors (Lipinski definition) is 2. The Morgan fingerprint density at radius 1 is 1.64 bits per heavy atom. The Morgan fingerprint density at radius 3 is 2.64 bits per heavy atom. The zero-order valence-electron chi connectivity index (χ0n) is 8.73. The van der Waals surface area contributed by atoms with Crippen LogP contribution < -0.4 is 5.73 Å². The molecule has 14 heavy (non-hydrogen) atoms. The lowest BCUT2D eigenvalue weighted by molar-refractivity contribution is -0.137. The standard InChI is InChI=1S/C10H18N2O2/c1-7(2)12-5-3-8(4-6-12)9(11)10(13)14/h3,7,9H,4-6,11H2,1-2H3,(H,13,14). The number of hydrogen-bond acceptors (Lipinski definition) is 3. The summed E-state index contributed by atoms with van der Waals surface area (Å²) in [5, 5.41) is 8.73. The van der Waals surface area contributed by atoms with E-state index in [1.807, 2.05) is 6.08 Å². The largest absolute Gasteiger partial charge is 0.480 e. The molecule has 0 aromatic heterocycles. The maximum Gasteiger partial charge on any atom is 0.324 e. The first-order valence-electron chi connectivity index (χ1n) is 4.93. The van der Waals surface area contributed by atoms with Crippen LogP contribution in [0.2, 0.25) is 0 Å². The zero-order valence-corrected chi connectivity index (χ0v) is 8.73. The van der Waals surface area contributed by atoms with Crippen molar-refractivity contribution in [3.05, 3.63) is 11.6 Å². The lowest BCUT2D eigenvalue weighted by Gasteiger charge is -2.30. The van der Waals surface area contributed by atoms with E-state index in [0.717, 1.165) is 25.1 Å². The normalized spacial score (nSPS) is 20.7. The lowest BCUT2D eigenvalue weighted by Crippen LogP contribution is -2.40. The molecule has 0 saturated heterocycles. The van der Waals surface area contributed by atoms with Gasteiger partial charge in [0.25, 0.3) is 0 Å². The van der Waals surface area contributed by atoms with Gasteiger partial charge in [-0.2, -0.15) is 0 Å². The predicted molar refractivity (Wildman–Crippen MR) is 55.0 cm³/mol. The Kier molecular flexibility index (Phi) is 3.66. The minimum Gasteiger partial charge on any atom is -0.480 e. The Hall–Kier alpha value is -0.870. The average Bonchev–Trinajstić information content (AvgIpc) is 2.16. The monoisotopic (exact) mass is 198 g/mol. The minimum atomic E-state index is -0.936. The molecule has 80 valence electrons. The molecule has 3 N–H and O–H groups in total. The summed E-state index contributed by atoms with van der Waals surface area (Å²) in [6.45, 7) is 5.99. The Morgan fingerprint density at radius 2 is 2.29 bits per heavy atom. The van der Waals surface area contributed by atoms with Gasteiger partial charge in [0.15, 0.2) is 0 Å². The van der Waals surface area contributed by atoms with Gasteiger partial charge in [-0.05, 0) is 25.8 Å². The first-order chi connectivity index (χ1) is 6.52. The van der Waals surface area contributed by atoms with Gasteiger partial charge in [-0.25, -0.2) is 0 Å². The second-order valence-electron chi connectivity index (χ2n) is 3.93. The van der Waals surface area contributed by atoms with Gasteiger partial charge in [0.05, 0.1) is 0 Å². The van der Waals surface area contributed by atoms with Gasteiger partial charge in [0, 0.05) is 19.1 Å². The van der Waals surface area contributed by atoms with Crippen LogP contribution in [0.4, 0.5) is 0 Å². The van der Waals surface area contributed by atoms with Crippen LogP contribution in [0, 0.1) is 0 Å². The molecular weight excluding hydrogens is 180 g/mol. The van der Waals surface area contributed by atoms with E-state index in [1.165, 1.54) is 0 Å². The van der Waals surface area contributed by atoms with Crippen molar-refractivity contribution in [2.45, 2.75) is 32.4 Å². The Balaban J connectivity index is 2.57. The molecule has 0 bridgehead atoms. The Labute approximate surface area is 84.4 Å². The van der Waals surface area contributed by atoms with Gasteiger partial charge in [-0.3, -0.25) is 9.69 Å².